The maximum absolute atomic E-state index is 12.4. The van der Waals surface area contributed by atoms with Gasteiger partial charge in [0.1, 0.15) is 0 Å². The molecule has 1 unspecified atom stereocenters. The van der Waals surface area contributed by atoms with Crippen molar-refractivity contribution in [3.8, 4) is 0 Å². The third-order valence-electron chi connectivity index (χ3n) is 3.13. The van der Waals surface area contributed by atoms with Crippen LogP contribution in [0.1, 0.15) is 38.1 Å². The van der Waals surface area contributed by atoms with Crippen LogP contribution in [0.25, 0.3) is 0 Å². The second-order valence-electron chi connectivity index (χ2n) is 5.06. The van der Waals surface area contributed by atoms with Crippen LogP contribution >= 0.6 is 11.3 Å². The van der Waals surface area contributed by atoms with Gasteiger partial charge in [0.05, 0.1) is 0 Å². The van der Waals surface area contributed by atoms with E-state index in [-0.39, 0.29) is 17.5 Å². The molecule has 1 aromatic heterocycles. The molecule has 0 amide bonds. The van der Waals surface area contributed by atoms with Gasteiger partial charge in [-0.1, -0.05) is 25.2 Å². The second kappa shape index (κ2) is 7.58. The fraction of sp³-hybridized carbons (Fsp3) is 0.750. The normalized spacial score (nSPS) is 13.4. The SMILES string of the molecule is CC(C)C(CCNc1nnc(C(F)(F)F)s1)CCC(=O)O. The molecule has 1 aromatic rings. The van der Waals surface area contributed by atoms with Crippen LogP contribution in [0.15, 0.2) is 0 Å². The molecule has 0 radical (unpaired) electrons. The summed E-state index contributed by atoms with van der Waals surface area (Å²) in [5.41, 5.74) is 0. The summed E-state index contributed by atoms with van der Waals surface area (Å²) in [7, 11) is 0. The Morgan fingerprint density at radius 3 is 2.48 bits per heavy atom. The van der Waals surface area contributed by atoms with E-state index in [2.05, 4.69) is 15.5 Å². The molecule has 2 N–H and O–H groups in total. The van der Waals surface area contributed by atoms with Gasteiger partial charge < -0.3 is 10.4 Å². The summed E-state index contributed by atoms with van der Waals surface area (Å²) < 4.78 is 37.1. The summed E-state index contributed by atoms with van der Waals surface area (Å²) in [6, 6.07) is 0. The van der Waals surface area contributed by atoms with Gasteiger partial charge >= 0.3 is 12.1 Å². The van der Waals surface area contributed by atoms with Gasteiger partial charge in [0.25, 0.3) is 0 Å². The van der Waals surface area contributed by atoms with Gasteiger partial charge in [-0.25, -0.2) is 0 Å². The Bertz CT molecular complexity index is 463. The van der Waals surface area contributed by atoms with Crippen LogP contribution in [-0.2, 0) is 11.0 Å². The van der Waals surface area contributed by atoms with Crippen LogP contribution in [0.2, 0.25) is 0 Å². The molecule has 0 saturated heterocycles. The Morgan fingerprint density at radius 1 is 1.33 bits per heavy atom. The number of carboxylic acids is 1. The first-order chi connectivity index (χ1) is 9.70. The minimum absolute atomic E-state index is 0.0971. The highest BCUT2D eigenvalue weighted by Crippen LogP contribution is 2.33. The standard InChI is InChI=1S/C12H18F3N3O2S/c1-7(2)8(3-4-9(19)20)5-6-16-11-18-17-10(21-11)12(13,14)15/h7-8H,3-6H2,1-2H3,(H,16,18)(H,19,20). The Morgan fingerprint density at radius 2 is 2.00 bits per heavy atom. The summed E-state index contributed by atoms with van der Waals surface area (Å²) in [5.74, 6) is -0.331. The summed E-state index contributed by atoms with van der Waals surface area (Å²) in [6.07, 6.45) is -3.15. The Balaban J connectivity index is 2.43. The summed E-state index contributed by atoms with van der Waals surface area (Å²) in [5, 5.41) is 17.2. The number of nitrogens with one attached hydrogen (secondary N) is 1. The minimum atomic E-state index is -4.47. The van der Waals surface area contributed by atoms with Crippen molar-refractivity contribution in [3.05, 3.63) is 5.01 Å². The van der Waals surface area contributed by atoms with E-state index in [1.165, 1.54) is 0 Å². The van der Waals surface area contributed by atoms with Gasteiger partial charge in [-0.15, -0.1) is 10.2 Å². The van der Waals surface area contributed by atoms with Gasteiger partial charge in [-0.3, -0.25) is 4.79 Å². The summed E-state index contributed by atoms with van der Waals surface area (Å²) in [4.78, 5) is 10.6. The van der Waals surface area contributed by atoms with Crippen molar-refractivity contribution in [1.29, 1.82) is 0 Å². The monoisotopic (exact) mass is 325 g/mol. The molecular weight excluding hydrogens is 307 g/mol. The van der Waals surface area contributed by atoms with E-state index in [4.69, 9.17) is 5.11 Å². The third kappa shape index (κ3) is 6.28. The number of halogens is 3. The predicted octanol–water partition coefficient (Wildman–Crippen LogP) is 3.50. The van der Waals surface area contributed by atoms with Gasteiger partial charge in [-0.2, -0.15) is 13.2 Å². The van der Waals surface area contributed by atoms with Crippen LogP contribution in [0.5, 0.6) is 0 Å². The molecule has 1 atom stereocenters. The fourth-order valence-corrected chi connectivity index (χ4v) is 2.53. The van der Waals surface area contributed by atoms with Crippen molar-refractivity contribution in [2.24, 2.45) is 11.8 Å². The van der Waals surface area contributed by atoms with Crippen molar-refractivity contribution in [2.75, 3.05) is 11.9 Å². The van der Waals surface area contributed by atoms with Crippen LogP contribution in [0.3, 0.4) is 0 Å². The molecule has 5 nitrogen and oxygen atoms in total. The average molecular weight is 325 g/mol. The lowest BCUT2D eigenvalue weighted by molar-refractivity contribution is -0.138. The molecule has 0 saturated carbocycles. The zero-order valence-electron chi connectivity index (χ0n) is 11.8. The first kappa shape index (κ1) is 17.7. The van der Waals surface area contributed by atoms with Crippen LogP contribution in [0, 0.1) is 11.8 Å². The largest absolute Gasteiger partial charge is 0.481 e. The van der Waals surface area contributed by atoms with E-state index in [1.807, 2.05) is 13.8 Å². The second-order valence-corrected chi connectivity index (χ2v) is 6.04. The van der Waals surface area contributed by atoms with Crippen molar-refractivity contribution in [1.82, 2.24) is 10.2 Å². The molecule has 0 aliphatic heterocycles. The number of hydrogen-bond acceptors (Lipinski definition) is 5. The predicted molar refractivity (Wildman–Crippen MR) is 73.2 cm³/mol. The molecule has 1 rings (SSSR count). The Labute approximate surface area is 124 Å². The van der Waals surface area contributed by atoms with Gasteiger partial charge in [0, 0.05) is 13.0 Å². The number of alkyl halides is 3. The van der Waals surface area contributed by atoms with Crippen molar-refractivity contribution in [3.63, 3.8) is 0 Å². The number of nitrogens with zero attached hydrogens (tertiary/aromatic N) is 2. The zero-order valence-corrected chi connectivity index (χ0v) is 12.6. The number of carboxylic acid groups (broad SMARTS) is 1. The van der Waals surface area contributed by atoms with Crippen molar-refractivity contribution < 1.29 is 23.1 Å². The van der Waals surface area contributed by atoms with E-state index in [0.717, 1.165) is 0 Å². The molecule has 9 heteroatoms. The van der Waals surface area contributed by atoms with E-state index in [1.54, 1.807) is 0 Å². The molecular formula is C12H18F3N3O2S. The number of carbonyl (C=O) groups is 1. The average Bonchev–Trinajstić information content (AvgIpc) is 2.81. The third-order valence-corrected chi connectivity index (χ3v) is 4.06. The molecule has 0 aliphatic carbocycles. The lowest BCUT2D eigenvalue weighted by Crippen LogP contribution is -2.15. The molecule has 0 fully saturated rings. The minimum Gasteiger partial charge on any atom is -0.481 e. The maximum atomic E-state index is 12.4. The van der Waals surface area contributed by atoms with Gasteiger partial charge in [0.15, 0.2) is 0 Å². The topological polar surface area (TPSA) is 75.1 Å². The lowest BCUT2D eigenvalue weighted by atomic mass is 9.88. The smallest absolute Gasteiger partial charge is 0.445 e. The zero-order chi connectivity index (χ0) is 16.0. The maximum Gasteiger partial charge on any atom is 0.445 e. The van der Waals surface area contributed by atoms with E-state index < -0.39 is 17.2 Å². The number of hydrogen-bond donors (Lipinski definition) is 2. The highest BCUT2D eigenvalue weighted by molar-refractivity contribution is 7.15. The highest BCUT2D eigenvalue weighted by atomic mass is 32.1. The quantitative estimate of drug-likeness (QED) is 0.765. The summed E-state index contributed by atoms with van der Waals surface area (Å²) >= 11 is 0.466. The summed E-state index contributed by atoms with van der Waals surface area (Å²) in [6.45, 7) is 4.44. The number of aliphatic carboxylic acids is 1. The molecule has 0 aromatic carbocycles. The first-order valence-electron chi connectivity index (χ1n) is 6.56. The van der Waals surface area contributed by atoms with Crippen molar-refractivity contribution in [2.45, 2.75) is 39.3 Å². The molecule has 21 heavy (non-hydrogen) atoms. The van der Waals surface area contributed by atoms with E-state index in [0.29, 0.717) is 36.6 Å². The number of rotatable bonds is 8. The van der Waals surface area contributed by atoms with E-state index >= 15 is 0 Å². The van der Waals surface area contributed by atoms with Crippen LogP contribution in [0.4, 0.5) is 18.3 Å². The highest BCUT2D eigenvalue weighted by Gasteiger charge is 2.35. The van der Waals surface area contributed by atoms with Crippen LogP contribution < -0.4 is 5.32 Å². The van der Waals surface area contributed by atoms with Gasteiger partial charge in [0.2, 0.25) is 10.1 Å². The van der Waals surface area contributed by atoms with Crippen LogP contribution in [-0.4, -0.2) is 27.8 Å². The molecule has 120 valence electrons. The molecule has 0 spiro atoms. The number of anilines is 1. The molecule has 0 bridgehead atoms. The Kier molecular flexibility index (Phi) is 6.38. The molecule has 1 heterocycles. The Hall–Kier alpha value is -1.38. The van der Waals surface area contributed by atoms with Gasteiger partial charge in [-0.05, 0) is 24.7 Å². The lowest BCUT2D eigenvalue weighted by Gasteiger charge is -2.19. The van der Waals surface area contributed by atoms with Crippen molar-refractivity contribution >= 4 is 22.4 Å². The van der Waals surface area contributed by atoms with E-state index in [9.17, 15) is 18.0 Å². The molecule has 0 aliphatic rings. The fourth-order valence-electron chi connectivity index (χ4n) is 1.89. The number of aromatic nitrogens is 2. The first-order valence-corrected chi connectivity index (χ1v) is 7.38.